The van der Waals surface area contributed by atoms with E-state index in [-0.39, 0.29) is 40.8 Å². The molecule has 124 valence electrons. The van der Waals surface area contributed by atoms with E-state index < -0.39 is 0 Å². The van der Waals surface area contributed by atoms with Gasteiger partial charge in [-0.2, -0.15) is 19.1 Å². The summed E-state index contributed by atoms with van der Waals surface area (Å²) in [5.74, 6) is -0.0300. The molecular weight excluding hydrogens is 320 g/mol. The summed E-state index contributed by atoms with van der Waals surface area (Å²) < 4.78 is 0. The van der Waals surface area contributed by atoms with Crippen LogP contribution in [0.3, 0.4) is 0 Å². The molecule has 0 aliphatic heterocycles. The predicted octanol–water partition coefficient (Wildman–Crippen LogP) is 3.79. The van der Waals surface area contributed by atoms with Gasteiger partial charge in [-0.25, -0.2) is 11.6 Å². The Labute approximate surface area is 141 Å². The SMILES string of the molecule is CC(=O)CC(=O)[c-]1ccc(C)c1.CC(=O)[c-]1[cH-][cH-][c-](C)[cH-]1.[Fe]. The van der Waals surface area contributed by atoms with Crippen molar-refractivity contribution in [3.05, 3.63) is 58.7 Å². The molecule has 0 spiro atoms. The molecule has 4 heteroatoms. The van der Waals surface area contributed by atoms with E-state index in [1.807, 2.05) is 38.1 Å². The summed E-state index contributed by atoms with van der Waals surface area (Å²) in [7, 11) is 0. The predicted molar refractivity (Wildman–Crippen MR) is 83.2 cm³/mol. The van der Waals surface area contributed by atoms with Crippen LogP contribution >= 0.6 is 0 Å². The molecule has 0 fully saturated rings. The van der Waals surface area contributed by atoms with Crippen LogP contribution < -0.4 is 0 Å². The van der Waals surface area contributed by atoms with Crippen LogP contribution in [0.1, 0.15) is 52.1 Å². The normalized spacial score (nSPS) is 9.27. The molecule has 22 heavy (non-hydrogen) atoms. The molecule has 0 amide bonds. The van der Waals surface area contributed by atoms with Crippen LogP contribution in [0.4, 0.5) is 0 Å². The number of Topliss-reactive ketones (excluding diaryl/α,β-unsaturated/α-hetero) is 3. The molecule has 0 saturated carbocycles. The molecule has 0 heterocycles. The fourth-order valence-corrected chi connectivity index (χ4v) is 1.85. The quantitative estimate of drug-likeness (QED) is 0.368. The van der Waals surface area contributed by atoms with Crippen LogP contribution in [-0.4, -0.2) is 17.3 Å². The third-order valence-electron chi connectivity index (χ3n) is 2.96. The molecule has 0 aliphatic carbocycles. The molecule has 0 unspecified atom stereocenters. The van der Waals surface area contributed by atoms with Crippen molar-refractivity contribution in [1.82, 2.24) is 0 Å². The van der Waals surface area contributed by atoms with Crippen LogP contribution in [0.15, 0.2) is 36.4 Å². The largest absolute Gasteiger partial charge is 0.718 e. The van der Waals surface area contributed by atoms with Gasteiger partial charge >= 0.3 is 0 Å². The first-order chi connectivity index (χ1) is 9.79. The van der Waals surface area contributed by atoms with E-state index in [1.54, 1.807) is 19.1 Å². The third-order valence-corrected chi connectivity index (χ3v) is 2.96. The Morgan fingerprint density at radius 2 is 1.82 bits per heavy atom. The number of carbonyl (C=O) groups is 3. The molecular formula is C18H20FeO3-6. The minimum atomic E-state index is -0.0874. The molecule has 2 rings (SSSR count). The van der Waals surface area contributed by atoms with Crippen LogP contribution in [0, 0.1) is 13.8 Å². The van der Waals surface area contributed by atoms with E-state index in [0.29, 0.717) is 5.56 Å². The Hall–Kier alpha value is -1.77. The second-order valence-corrected chi connectivity index (χ2v) is 5.21. The van der Waals surface area contributed by atoms with E-state index >= 15 is 0 Å². The molecule has 2 aromatic rings. The summed E-state index contributed by atoms with van der Waals surface area (Å²) in [6, 6.07) is 11.1. The second-order valence-electron chi connectivity index (χ2n) is 5.21. The first-order valence-electron chi connectivity index (χ1n) is 6.80. The molecule has 0 aliphatic rings. The minimum Gasteiger partial charge on any atom is -0.718 e. The van der Waals surface area contributed by atoms with Gasteiger partial charge in [-0.15, -0.1) is 6.92 Å². The fraction of sp³-hybridized carbons (Fsp3) is 0.278. The van der Waals surface area contributed by atoms with Crippen LogP contribution in [0.5, 0.6) is 0 Å². The number of rotatable bonds is 4. The van der Waals surface area contributed by atoms with E-state index in [2.05, 4.69) is 0 Å². The number of carbonyl (C=O) groups excluding carboxylic acids is 3. The zero-order valence-corrected chi connectivity index (χ0v) is 14.4. The monoisotopic (exact) mass is 340 g/mol. The first kappa shape index (κ1) is 20.2. The number of hydrogen-bond donors (Lipinski definition) is 0. The maximum Gasteiger partial charge on any atom is 0.136 e. The van der Waals surface area contributed by atoms with Gasteiger partial charge in [0.15, 0.2) is 0 Å². The average Bonchev–Trinajstić information content (AvgIpc) is 2.98. The van der Waals surface area contributed by atoms with Crippen molar-refractivity contribution >= 4 is 17.3 Å². The zero-order valence-electron chi connectivity index (χ0n) is 13.2. The smallest absolute Gasteiger partial charge is 0.136 e. The fourth-order valence-electron chi connectivity index (χ4n) is 1.85. The summed E-state index contributed by atoms with van der Waals surface area (Å²) in [5, 5.41) is 0. The van der Waals surface area contributed by atoms with E-state index in [1.165, 1.54) is 6.92 Å². The number of aryl methyl sites for hydroxylation is 2. The van der Waals surface area contributed by atoms with E-state index in [0.717, 1.165) is 16.7 Å². The van der Waals surface area contributed by atoms with Crippen molar-refractivity contribution in [2.45, 2.75) is 34.1 Å². The van der Waals surface area contributed by atoms with Crippen molar-refractivity contribution in [2.24, 2.45) is 0 Å². The van der Waals surface area contributed by atoms with Crippen molar-refractivity contribution in [3.63, 3.8) is 0 Å². The standard InChI is InChI=1S/C10H11O2.C8H9O.Fe/c1-7-3-4-9(5-7)10(12)6-8(2)11;1-6-3-4-8(5-6)7(2)9;/h3-5H,6H2,1-2H3;3-5H,1-2H3;/q-1;-5;. The minimum absolute atomic E-state index is 0. The summed E-state index contributed by atoms with van der Waals surface area (Å²) in [5.41, 5.74) is 3.66. The summed E-state index contributed by atoms with van der Waals surface area (Å²) in [6.45, 7) is 6.90. The van der Waals surface area contributed by atoms with E-state index in [4.69, 9.17) is 0 Å². The van der Waals surface area contributed by atoms with Crippen molar-refractivity contribution in [2.75, 3.05) is 0 Å². The second kappa shape index (κ2) is 9.29. The van der Waals surface area contributed by atoms with Gasteiger partial charge in [-0.3, -0.25) is 10.6 Å². The van der Waals surface area contributed by atoms with Gasteiger partial charge in [0.1, 0.15) is 11.6 Å². The molecule has 0 bridgehead atoms. The van der Waals surface area contributed by atoms with Crippen LogP contribution in [0.2, 0.25) is 0 Å². The van der Waals surface area contributed by atoms with Crippen molar-refractivity contribution < 1.29 is 31.5 Å². The molecule has 0 aromatic heterocycles. The summed E-state index contributed by atoms with van der Waals surface area (Å²) in [6.07, 6.45) is 0.0173. The van der Waals surface area contributed by atoms with Gasteiger partial charge in [0.05, 0.1) is 6.42 Å². The molecule has 3 nitrogen and oxygen atoms in total. The van der Waals surface area contributed by atoms with Gasteiger partial charge < -0.3 is 38.9 Å². The Kier molecular flexibility index (Phi) is 8.54. The molecule has 0 radical (unpaired) electrons. The Bertz CT molecular complexity index is 647. The Balaban J connectivity index is 0.000000397. The van der Waals surface area contributed by atoms with Gasteiger partial charge in [0, 0.05) is 17.1 Å². The van der Waals surface area contributed by atoms with Crippen LogP contribution in [0.25, 0.3) is 0 Å². The summed E-state index contributed by atoms with van der Waals surface area (Å²) in [4.78, 5) is 32.5. The molecule has 0 atom stereocenters. The van der Waals surface area contributed by atoms with Crippen LogP contribution in [-0.2, 0) is 21.9 Å². The molecule has 2 aromatic carbocycles. The number of ketones is 3. The van der Waals surface area contributed by atoms with E-state index in [9.17, 15) is 14.4 Å². The van der Waals surface area contributed by atoms with Gasteiger partial charge in [-0.05, 0) is 6.92 Å². The topological polar surface area (TPSA) is 51.2 Å². The maximum absolute atomic E-state index is 11.2. The third kappa shape index (κ3) is 6.79. The van der Waals surface area contributed by atoms with Crippen molar-refractivity contribution in [1.29, 1.82) is 0 Å². The Morgan fingerprint density at radius 3 is 2.14 bits per heavy atom. The molecule has 0 N–H and O–H groups in total. The zero-order chi connectivity index (χ0) is 16.0. The van der Waals surface area contributed by atoms with Gasteiger partial charge in [0.2, 0.25) is 0 Å². The maximum atomic E-state index is 11.2. The van der Waals surface area contributed by atoms with Gasteiger partial charge in [0.25, 0.3) is 0 Å². The average molecular weight is 340 g/mol. The van der Waals surface area contributed by atoms with Gasteiger partial charge in [-0.1, -0.05) is 12.5 Å². The summed E-state index contributed by atoms with van der Waals surface area (Å²) >= 11 is 0. The first-order valence-corrected chi connectivity index (χ1v) is 6.80. The Morgan fingerprint density at radius 1 is 1.18 bits per heavy atom. The molecule has 0 saturated heterocycles. The van der Waals surface area contributed by atoms with Crippen molar-refractivity contribution in [3.8, 4) is 0 Å². The number of hydrogen-bond acceptors (Lipinski definition) is 3.